The maximum Gasteiger partial charge on any atom is 0.221 e. The monoisotopic (exact) mass is 209 g/mol. The Morgan fingerprint density at radius 1 is 1.67 bits per heavy atom. The van der Waals surface area contributed by atoms with E-state index in [1.165, 1.54) is 12.7 Å². The van der Waals surface area contributed by atoms with Gasteiger partial charge in [-0.15, -0.1) is 0 Å². The summed E-state index contributed by atoms with van der Waals surface area (Å²) < 4.78 is 0. The van der Waals surface area contributed by atoms with Gasteiger partial charge in [-0.1, -0.05) is 0 Å². The zero-order chi connectivity index (χ0) is 10.5. The highest BCUT2D eigenvalue weighted by Gasteiger charge is 2.17. The number of nitrogens with one attached hydrogen (secondary N) is 3. The summed E-state index contributed by atoms with van der Waals surface area (Å²) in [6.45, 7) is 1.45. The summed E-state index contributed by atoms with van der Waals surface area (Å²) in [6, 6.07) is 0.347. The standard InChI is InChI=1S/C9H15N5O/c15-9(4-7-2-1-3-10-7)11-5-8-12-6-13-14-8/h6-7,10H,1-5H2,(H,11,15)(H,12,13,14). The molecule has 6 nitrogen and oxygen atoms in total. The van der Waals surface area contributed by atoms with Gasteiger partial charge in [0.15, 0.2) is 0 Å². The van der Waals surface area contributed by atoms with Gasteiger partial charge in [-0.3, -0.25) is 9.89 Å². The van der Waals surface area contributed by atoms with E-state index in [0.29, 0.717) is 24.8 Å². The fourth-order valence-electron chi connectivity index (χ4n) is 1.73. The molecular weight excluding hydrogens is 194 g/mol. The molecule has 0 spiro atoms. The molecule has 1 aromatic heterocycles. The highest BCUT2D eigenvalue weighted by molar-refractivity contribution is 5.76. The van der Waals surface area contributed by atoms with Gasteiger partial charge in [-0.2, -0.15) is 5.10 Å². The predicted molar refractivity (Wildman–Crippen MR) is 53.9 cm³/mol. The van der Waals surface area contributed by atoms with Crippen molar-refractivity contribution in [2.24, 2.45) is 0 Å². The second kappa shape index (κ2) is 4.88. The van der Waals surface area contributed by atoms with Crippen LogP contribution in [-0.2, 0) is 11.3 Å². The molecule has 82 valence electrons. The number of amides is 1. The molecule has 1 fully saturated rings. The lowest BCUT2D eigenvalue weighted by atomic mass is 10.1. The highest BCUT2D eigenvalue weighted by atomic mass is 16.1. The normalized spacial score (nSPS) is 20.4. The number of hydrogen-bond acceptors (Lipinski definition) is 4. The third kappa shape index (κ3) is 3.02. The van der Waals surface area contributed by atoms with Gasteiger partial charge in [-0.05, 0) is 19.4 Å². The zero-order valence-corrected chi connectivity index (χ0v) is 8.49. The number of rotatable bonds is 4. The summed E-state index contributed by atoms with van der Waals surface area (Å²) in [7, 11) is 0. The molecule has 15 heavy (non-hydrogen) atoms. The van der Waals surface area contributed by atoms with E-state index in [2.05, 4.69) is 25.8 Å². The first-order valence-electron chi connectivity index (χ1n) is 5.19. The molecule has 1 aliphatic heterocycles. The average Bonchev–Trinajstić information content (AvgIpc) is 2.86. The fourth-order valence-corrected chi connectivity index (χ4v) is 1.73. The second-order valence-electron chi connectivity index (χ2n) is 3.71. The quantitative estimate of drug-likeness (QED) is 0.628. The molecule has 1 saturated heterocycles. The zero-order valence-electron chi connectivity index (χ0n) is 8.49. The molecule has 0 radical (unpaired) electrons. The molecule has 0 aliphatic carbocycles. The number of aromatic nitrogens is 3. The highest BCUT2D eigenvalue weighted by Crippen LogP contribution is 2.08. The van der Waals surface area contributed by atoms with Crippen LogP contribution in [0.2, 0.25) is 0 Å². The molecule has 0 bridgehead atoms. The van der Waals surface area contributed by atoms with Crippen LogP contribution in [0, 0.1) is 0 Å². The minimum Gasteiger partial charge on any atom is -0.349 e. The molecule has 0 saturated carbocycles. The van der Waals surface area contributed by atoms with Gasteiger partial charge in [-0.25, -0.2) is 4.98 Å². The average molecular weight is 209 g/mol. The summed E-state index contributed by atoms with van der Waals surface area (Å²) >= 11 is 0. The van der Waals surface area contributed by atoms with Gasteiger partial charge in [0.2, 0.25) is 5.91 Å². The lowest BCUT2D eigenvalue weighted by molar-refractivity contribution is -0.121. The second-order valence-corrected chi connectivity index (χ2v) is 3.71. The number of carbonyl (C=O) groups is 1. The van der Waals surface area contributed by atoms with Crippen molar-refractivity contribution in [3.63, 3.8) is 0 Å². The Balaban J connectivity index is 1.68. The van der Waals surface area contributed by atoms with Crippen LogP contribution in [0.4, 0.5) is 0 Å². The van der Waals surface area contributed by atoms with Gasteiger partial charge in [0, 0.05) is 12.5 Å². The number of carbonyl (C=O) groups excluding carboxylic acids is 1. The van der Waals surface area contributed by atoms with Crippen molar-refractivity contribution in [1.29, 1.82) is 0 Å². The van der Waals surface area contributed by atoms with E-state index in [1.807, 2.05) is 0 Å². The molecule has 1 unspecified atom stereocenters. The van der Waals surface area contributed by atoms with Crippen molar-refractivity contribution < 1.29 is 4.79 Å². The fraction of sp³-hybridized carbons (Fsp3) is 0.667. The van der Waals surface area contributed by atoms with Crippen molar-refractivity contribution in [1.82, 2.24) is 25.8 Å². The first-order valence-corrected chi connectivity index (χ1v) is 5.19. The van der Waals surface area contributed by atoms with Crippen LogP contribution < -0.4 is 10.6 Å². The summed E-state index contributed by atoms with van der Waals surface area (Å²) in [5.41, 5.74) is 0. The van der Waals surface area contributed by atoms with E-state index in [0.717, 1.165) is 13.0 Å². The number of hydrogen-bond donors (Lipinski definition) is 3. The van der Waals surface area contributed by atoms with Crippen LogP contribution in [0.25, 0.3) is 0 Å². The molecule has 1 aromatic rings. The van der Waals surface area contributed by atoms with E-state index in [4.69, 9.17) is 0 Å². The van der Waals surface area contributed by atoms with Crippen molar-refractivity contribution in [3.05, 3.63) is 12.2 Å². The first-order chi connectivity index (χ1) is 7.34. The lowest BCUT2D eigenvalue weighted by Crippen LogP contribution is -2.31. The molecule has 3 N–H and O–H groups in total. The largest absolute Gasteiger partial charge is 0.349 e. The van der Waals surface area contributed by atoms with Crippen LogP contribution in [-0.4, -0.2) is 33.7 Å². The molecule has 6 heteroatoms. The lowest BCUT2D eigenvalue weighted by Gasteiger charge is -2.09. The number of H-pyrrole nitrogens is 1. The van der Waals surface area contributed by atoms with Crippen molar-refractivity contribution in [2.75, 3.05) is 6.54 Å². The van der Waals surface area contributed by atoms with E-state index in [-0.39, 0.29) is 5.91 Å². The van der Waals surface area contributed by atoms with Crippen LogP contribution in [0.1, 0.15) is 25.1 Å². The molecule has 1 atom stereocenters. The number of aromatic amines is 1. The van der Waals surface area contributed by atoms with Crippen LogP contribution in [0.15, 0.2) is 6.33 Å². The minimum absolute atomic E-state index is 0.0609. The Morgan fingerprint density at radius 2 is 2.60 bits per heavy atom. The molecule has 0 aromatic carbocycles. The molecule has 2 rings (SSSR count). The summed E-state index contributed by atoms with van der Waals surface area (Å²) in [6.07, 6.45) is 4.24. The van der Waals surface area contributed by atoms with Crippen molar-refractivity contribution in [3.8, 4) is 0 Å². The Bertz CT molecular complexity index is 304. The molecular formula is C9H15N5O. The van der Waals surface area contributed by atoms with Crippen molar-refractivity contribution in [2.45, 2.75) is 31.8 Å². The van der Waals surface area contributed by atoms with Gasteiger partial charge in [0.25, 0.3) is 0 Å². The Labute approximate surface area is 87.9 Å². The number of nitrogens with zero attached hydrogens (tertiary/aromatic N) is 2. The molecule has 2 heterocycles. The van der Waals surface area contributed by atoms with Crippen LogP contribution >= 0.6 is 0 Å². The van der Waals surface area contributed by atoms with E-state index in [1.54, 1.807) is 0 Å². The summed E-state index contributed by atoms with van der Waals surface area (Å²) in [4.78, 5) is 15.4. The van der Waals surface area contributed by atoms with Crippen LogP contribution in [0.3, 0.4) is 0 Å². The topological polar surface area (TPSA) is 82.7 Å². The first kappa shape index (κ1) is 10.1. The van der Waals surface area contributed by atoms with Crippen molar-refractivity contribution >= 4 is 5.91 Å². The Morgan fingerprint density at radius 3 is 3.27 bits per heavy atom. The van der Waals surface area contributed by atoms with E-state index >= 15 is 0 Å². The molecule has 1 aliphatic rings. The van der Waals surface area contributed by atoms with E-state index < -0.39 is 0 Å². The van der Waals surface area contributed by atoms with Gasteiger partial charge in [0.1, 0.15) is 12.2 Å². The van der Waals surface area contributed by atoms with Gasteiger partial charge < -0.3 is 10.6 Å². The van der Waals surface area contributed by atoms with Crippen LogP contribution in [0.5, 0.6) is 0 Å². The minimum atomic E-state index is 0.0609. The third-order valence-electron chi connectivity index (χ3n) is 2.51. The smallest absolute Gasteiger partial charge is 0.221 e. The maximum atomic E-state index is 11.5. The Hall–Kier alpha value is -1.43. The summed E-state index contributed by atoms with van der Waals surface area (Å²) in [5, 5.41) is 12.5. The van der Waals surface area contributed by atoms with Gasteiger partial charge >= 0.3 is 0 Å². The Kier molecular flexibility index (Phi) is 3.29. The van der Waals surface area contributed by atoms with Gasteiger partial charge in [0.05, 0.1) is 6.54 Å². The molecule has 1 amide bonds. The summed E-state index contributed by atoms with van der Waals surface area (Å²) in [5.74, 6) is 0.744. The predicted octanol–water partition coefficient (Wildman–Crippen LogP) is -0.437. The van der Waals surface area contributed by atoms with E-state index in [9.17, 15) is 4.79 Å². The SMILES string of the molecule is O=C(CC1CCCN1)NCc1ncn[nH]1. The maximum absolute atomic E-state index is 11.5. The third-order valence-corrected chi connectivity index (χ3v) is 2.51.